The molecule has 13 heavy (non-hydrogen) atoms. The third kappa shape index (κ3) is 8.12. The number of rotatable bonds is 1. The van der Waals surface area contributed by atoms with Crippen molar-refractivity contribution in [3.8, 4) is 0 Å². The van der Waals surface area contributed by atoms with Crippen LogP contribution in [0.3, 0.4) is 0 Å². The average molecular weight is 269 g/mol. The van der Waals surface area contributed by atoms with Crippen molar-refractivity contribution < 1.29 is 9.90 Å². The summed E-state index contributed by atoms with van der Waals surface area (Å²) in [6, 6.07) is 4.76. The van der Waals surface area contributed by atoms with E-state index in [-0.39, 0.29) is 55.3 Å². The van der Waals surface area contributed by atoms with Crippen LogP contribution < -0.4 is 0 Å². The Bertz CT molecular complexity index is 219. The molecule has 1 N–H and O–H groups in total. The van der Waals surface area contributed by atoms with E-state index in [1.165, 1.54) is 12.3 Å². The van der Waals surface area contributed by atoms with E-state index in [1.807, 2.05) is 0 Å². The van der Waals surface area contributed by atoms with Crippen LogP contribution >= 0.6 is 49.6 Å². The van der Waals surface area contributed by atoms with Gasteiger partial charge in [0.15, 0.2) is 0 Å². The molecule has 3 nitrogen and oxygen atoms in total. The monoisotopic (exact) mass is 267 g/mol. The van der Waals surface area contributed by atoms with Gasteiger partial charge >= 0.3 is 5.97 Å². The molecule has 0 atom stereocenters. The van der Waals surface area contributed by atoms with E-state index in [1.54, 1.807) is 12.1 Å². The summed E-state index contributed by atoms with van der Waals surface area (Å²) in [5.74, 6) is -0.990. The van der Waals surface area contributed by atoms with Crippen molar-refractivity contribution in [2.24, 2.45) is 0 Å². The van der Waals surface area contributed by atoms with Gasteiger partial charge < -0.3 is 5.11 Å². The molecule has 7 heteroatoms. The highest BCUT2D eigenvalue weighted by Gasteiger charge is 1.98. The van der Waals surface area contributed by atoms with Crippen molar-refractivity contribution >= 4 is 55.6 Å². The molecule has 0 amide bonds. The zero-order valence-electron chi connectivity index (χ0n) is 6.25. The van der Waals surface area contributed by atoms with E-state index in [9.17, 15) is 4.79 Å². The highest BCUT2D eigenvalue weighted by molar-refractivity contribution is 5.86. The first kappa shape index (κ1) is 23.0. The molecule has 0 aliphatic carbocycles. The SMILES string of the molecule is Cl.Cl.Cl.Cl.O=C(O)c1ccccn1. The average Bonchev–Trinajstić information content (AvgIpc) is 1.90. The lowest BCUT2D eigenvalue weighted by Crippen LogP contribution is -1.97. The van der Waals surface area contributed by atoms with Crippen LogP contribution in [0.15, 0.2) is 24.4 Å². The molecule has 0 fully saturated rings. The lowest BCUT2D eigenvalue weighted by molar-refractivity contribution is 0.0690. The Balaban J connectivity index is -0.000000101. The van der Waals surface area contributed by atoms with Crippen LogP contribution in [0.2, 0.25) is 0 Å². The fourth-order valence-electron chi connectivity index (χ4n) is 0.489. The second kappa shape index (κ2) is 11.8. The van der Waals surface area contributed by atoms with Crippen LogP contribution in [0, 0.1) is 0 Å². The van der Waals surface area contributed by atoms with Crippen molar-refractivity contribution in [2.45, 2.75) is 0 Å². The Hall–Kier alpha value is -0.220. The largest absolute Gasteiger partial charge is 0.477 e. The Kier molecular flexibility index (Phi) is 20.8. The van der Waals surface area contributed by atoms with E-state index in [0.717, 1.165) is 0 Å². The van der Waals surface area contributed by atoms with Crippen molar-refractivity contribution in [1.29, 1.82) is 0 Å². The molecule has 0 aromatic carbocycles. The molecule has 0 spiro atoms. The van der Waals surface area contributed by atoms with Gasteiger partial charge in [0.25, 0.3) is 0 Å². The van der Waals surface area contributed by atoms with Crippen LogP contribution in [-0.4, -0.2) is 16.1 Å². The number of carboxylic acid groups (broad SMARTS) is 1. The number of hydrogen-bond donors (Lipinski definition) is 1. The number of carboxylic acids is 1. The molecule has 0 aliphatic heterocycles. The normalized spacial score (nSPS) is 6.15. The van der Waals surface area contributed by atoms with Gasteiger partial charge in [0.2, 0.25) is 0 Å². The summed E-state index contributed by atoms with van der Waals surface area (Å²) in [5, 5.41) is 8.32. The maximum atomic E-state index is 10.1. The summed E-state index contributed by atoms with van der Waals surface area (Å²) in [6.07, 6.45) is 1.45. The van der Waals surface area contributed by atoms with Gasteiger partial charge in [-0.2, -0.15) is 0 Å². The Labute approximate surface area is 101 Å². The minimum atomic E-state index is -0.990. The molecule has 0 saturated carbocycles. The number of aromatic nitrogens is 1. The Morgan fingerprint density at radius 3 is 1.92 bits per heavy atom. The number of nitrogens with zero attached hydrogens (tertiary/aromatic N) is 1. The fraction of sp³-hybridized carbons (Fsp3) is 0. The predicted octanol–water partition coefficient (Wildman–Crippen LogP) is 2.47. The van der Waals surface area contributed by atoms with Crippen LogP contribution in [0.4, 0.5) is 0 Å². The second-order valence-electron chi connectivity index (χ2n) is 1.52. The molecule has 0 saturated heterocycles. The summed E-state index contributed by atoms with van der Waals surface area (Å²) in [7, 11) is 0. The molecule has 78 valence electrons. The standard InChI is InChI=1S/C6H5NO2.4ClH/c8-6(9)5-3-1-2-4-7-5;;;;/h1-4H,(H,8,9);4*1H. The van der Waals surface area contributed by atoms with Crippen LogP contribution in [-0.2, 0) is 0 Å². The lowest BCUT2D eigenvalue weighted by atomic mass is 10.4. The van der Waals surface area contributed by atoms with Crippen molar-refractivity contribution in [3.63, 3.8) is 0 Å². The molecule has 0 unspecified atom stereocenters. The van der Waals surface area contributed by atoms with Gasteiger partial charge in [-0.25, -0.2) is 9.78 Å². The quantitative estimate of drug-likeness (QED) is 0.851. The zero-order valence-corrected chi connectivity index (χ0v) is 9.51. The molecule has 1 aromatic heterocycles. The third-order valence-corrected chi connectivity index (χ3v) is 0.884. The first-order valence-electron chi connectivity index (χ1n) is 2.45. The van der Waals surface area contributed by atoms with Gasteiger partial charge in [0, 0.05) is 6.20 Å². The van der Waals surface area contributed by atoms with E-state index < -0.39 is 5.97 Å². The maximum absolute atomic E-state index is 10.1. The number of hydrogen-bond acceptors (Lipinski definition) is 2. The highest BCUT2D eigenvalue weighted by atomic mass is 35.5. The van der Waals surface area contributed by atoms with Gasteiger partial charge in [0.1, 0.15) is 5.69 Å². The summed E-state index contributed by atoms with van der Waals surface area (Å²) >= 11 is 0. The second-order valence-corrected chi connectivity index (χ2v) is 1.52. The molecule has 0 bridgehead atoms. The summed E-state index contributed by atoms with van der Waals surface area (Å²) < 4.78 is 0. The van der Waals surface area contributed by atoms with E-state index in [4.69, 9.17) is 5.11 Å². The molecular weight excluding hydrogens is 260 g/mol. The summed E-state index contributed by atoms with van der Waals surface area (Å²) in [4.78, 5) is 13.7. The molecule has 0 radical (unpaired) electrons. The molecular formula is C6H9Cl4NO2. The van der Waals surface area contributed by atoms with Crippen LogP contribution in [0.5, 0.6) is 0 Å². The fourth-order valence-corrected chi connectivity index (χ4v) is 0.489. The van der Waals surface area contributed by atoms with Crippen LogP contribution in [0.25, 0.3) is 0 Å². The predicted molar refractivity (Wildman–Crippen MR) is 60.2 cm³/mol. The zero-order chi connectivity index (χ0) is 6.69. The summed E-state index contributed by atoms with van der Waals surface area (Å²) in [6.45, 7) is 0. The number of pyridine rings is 1. The van der Waals surface area contributed by atoms with Gasteiger partial charge in [-0.3, -0.25) is 0 Å². The lowest BCUT2D eigenvalue weighted by Gasteiger charge is -1.87. The van der Waals surface area contributed by atoms with E-state index in [2.05, 4.69) is 4.98 Å². The highest BCUT2D eigenvalue weighted by Crippen LogP contribution is 1.90. The topological polar surface area (TPSA) is 50.2 Å². The molecule has 1 aromatic rings. The van der Waals surface area contributed by atoms with Crippen molar-refractivity contribution in [3.05, 3.63) is 30.1 Å². The van der Waals surface area contributed by atoms with Gasteiger partial charge in [-0.15, -0.1) is 49.6 Å². The first-order valence-corrected chi connectivity index (χ1v) is 2.45. The van der Waals surface area contributed by atoms with Gasteiger partial charge in [0.05, 0.1) is 0 Å². The van der Waals surface area contributed by atoms with Crippen molar-refractivity contribution in [2.75, 3.05) is 0 Å². The van der Waals surface area contributed by atoms with Gasteiger partial charge in [-0.1, -0.05) is 6.07 Å². The maximum Gasteiger partial charge on any atom is 0.354 e. The number of halogens is 4. The Morgan fingerprint density at radius 2 is 1.69 bits per heavy atom. The third-order valence-electron chi connectivity index (χ3n) is 0.884. The smallest absolute Gasteiger partial charge is 0.354 e. The molecule has 0 aliphatic rings. The van der Waals surface area contributed by atoms with Crippen LogP contribution in [0.1, 0.15) is 10.5 Å². The molecule has 1 rings (SSSR count). The summed E-state index contributed by atoms with van der Waals surface area (Å²) in [5.41, 5.74) is 0.0810. The van der Waals surface area contributed by atoms with Gasteiger partial charge in [-0.05, 0) is 12.1 Å². The van der Waals surface area contributed by atoms with Crippen molar-refractivity contribution in [1.82, 2.24) is 4.98 Å². The first-order chi connectivity index (χ1) is 4.30. The Morgan fingerprint density at radius 1 is 1.15 bits per heavy atom. The minimum Gasteiger partial charge on any atom is -0.477 e. The number of carbonyl (C=O) groups is 1. The number of aromatic carboxylic acids is 1. The molecule has 1 heterocycles. The van der Waals surface area contributed by atoms with E-state index >= 15 is 0 Å². The minimum absolute atomic E-state index is 0. The van der Waals surface area contributed by atoms with E-state index in [0.29, 0.717) is 0 Å².